The van der Waals surface area contributed by atoms with E-state index < -0.39 is 71.5 Å². The molecule has 4 atom stereocenters. The van der Waals surface area contributed by atoms with E-state index in [9.17, 15) is 39.0 Å². The van der Waals surface area contributed by atoms with Crippen LogP contribution in [0.5, 0.6) is 0 Å². The van der Waals surface area contributed by atoms with E-state index in [1.807, 2.05) is 30.3 Å². The van der Waals surface area contributed by atoms with Gasteiger partial charge in [-0.3, -0.25) is 19.3 Å². The van der Waals surface area contributed by atoms with Crippen LogP contribution in [0, 0.1) is 0 Å². The van der Waals surface area contributed by atoms with Gasteiger partial charge in [-0.05, 0) is 83.3 Å². The fraction of sp³-hybridized carbons (Fsp3) is 0.423. The third kappa shape index (κ3) is 9.70. The summed E-state index contributed by atoms with van der Waals surface area (Å²) in [6.45, 7) is 5.01. The van der Waals surface area contributed by atoms with Crippen molar-refractivity contribution in [2.45, 2.75) is 107 Å². The third-order valence-electron chi connectivity index (χ3n) is 14.0. The molecule has 0 saturated carbocycles. The number of likely N-dealkylation sites (tertiary alicyclic amines) is 2. The van der Waals surface area contributed by atoms with E-state index in [0.29, 0.717) is 35.3 Å². The largest absolute Gasteiger partial charge is 0.465 e. The Bertz CT molecular complexity index is 2540. The summed E-state index contributed by atoms with van der Waals surface area (Å²) in [6.07, 6.45) is 1.67. The van der Waals surface area contributed by atoms with Crippen LogP contribution in [-0.2, 0) is 34.0 Å². The molecule has 0 aromatic heterocycles. The van der Waals surface area contributed by atoms with Crippen molar-refractivity contribution in [2.24, 2.45) is 0 Å². The summed E-state index contributed by atoms with van der Waals surface area (Å²) in [5.74, 6) is -2.80. The summed E-state index contributed by atoms with van der Waals surface area (Å²) in [4.78, 5) is 85.5. The van der Waals surface area contributed by atoms with Crippen LogP contribution < -0.4 is 20.9 Å². The Morgan fingerprint density at radius 1 is 0.768 bits per heavy atom. The van der Waals surface area contributed by atoms with Crippen LogP contribution >= 0.6 is 0 Å². The summed E-state index contributed by atoms with van der Waals surface area (Å²) < 4.78 is 16.9. The molecule has 8 rings (SSSR count). The van der Waals surface area contributed by atoms with Gasteiger partial charge in [0, 0.05) is 29.8 Å². The first-order valence-corrected chi connectivity index (χ1v) is 23.8. The number of benzene rings is 4. The molecule has 17 heteroatoms. The lowest BCUT2D eigenvalue weighted by Crippen LogP contribution is -2.53. The number of hydrogen-bond donors (Lipinski definition) is 5. The van der Waals surface area contributed by atoms with Crippen molar-refractivity contribution < 1.29 is 53.2 Å². The quantitative estimate of drug-likeness (QED) is 0.0722. The molecule has 5 N–H and O–H groups in total. The number of hydrogen-bond acceptors (Lipinski definition) is 9. The number of methoxy groups -OCH3 is 1. The molecule has 1 aliphatic carbocycles. The minimum atomic E-state index is -1.39. The van der Waals surface area contributed by atoms with Crippen molar-refractivity contribution in [3.63, 3.8) is 0 Å². The molecular weight excluding hydrogens is 885 g/mol. The molecule has 3 saturated heterocycles. The van der Waals surface area contributed by atoms with Crippen LogP contribution in [0.15, 0.2) is 97.1 Å². The molecule has 17 nitrogen and oxygen atoms in total. The Labute approximate surface area is 401 Å². The normalized spacial score (nSPS) is 19.3. The lowest BCUT2D eigenvalue weighted by molar-refractivity contribution is -0.153. The maximum atomic E-state index is 14.6. The van der Waals surface area contributed by atoms with Gasteiger partial charge in [-0.25, -0.2) is 14.4 Å². The van der Waals surface area contributed by atoms with Crippen LogP contribution in [0.2, 0.25) is 0 Å². The van der Waals surface area contributed by atoms with Gasteiger partial charge in [-0.15, -0.1) is 0 Å². The second kappa shape index (κ2) is 20.7. The highest BCUT2D eigenvalue weighted by Gasteiger charge is 2.54. The number of fused-ring (bicyclic) bond motifs is 3. The van der Waals surface area contributed by atoms with E-state index in [-0.39, 0.29) is 32.7 Å². The minimum absolute atomic E-state index is 0.0358. The van der Waals surface area contributed by atoms with Crippen molar-refractivity contribution in [3.8, 4) is 11.1 Å². The van der Waals surface area contributed by atoms with Crippen molar-refractivity contribution in [2.75, 3.05) is 43.6 Å². The summed E-state index contributed by atoms with van der Waals surface area (Å²) in [5, 5.41) is 28.9. The number of carbonyl (C=O) groups excluding carboxylic acids is 4. The van der Waals surface area contributed by atoms with Crippen LogP contribution in [0.4, 0.5) is 25.8 Å². The topological polar surface area (TPSA) is 216 Å². The Balaban J connectivity index is 1.12. The Morgan fingerprint density at radius 2 is 1.35 bits per heavy atom. The molecule has 6 amide bonds. The molecule has 3 aliphatic heterocycles. The van der Waals surface area contributed by atoms with Crippen LogP contribution in [0.1, 0.15) is 106 Å². The Kier molecular flexibility index (Phi) is 14.6. The Hall–Kier alpha value is -6.98. The summed E-state index contributed by atoms with van der Waals surface area (Å²) in [7, 11) is 1.22. The molecule has 4 aliphatic rings. The van der Waals surface area contributed by atoms with Gasteiger partial charge in [0.1, 0.15) is 24.3 Å². The lowest BCUT2D eigenvalue weighted by atomic mass is 9.70. The van der Waals surface area contributed by atoms with Gasteiger partial charge in [-0.2, -0.15) is 0 Å². The van der Waals surface area contributed by atoms with E-state index in [0.717, 1.165) is 60.8 Å². The average molecular weight is 945 g/mol. The highest BCUT2D eigenvalue weighted by atomic mass is 16.7. The summed E-state index contributed by atoms with van der Waals surface area (Å²) >= 11 is 0. The van der Waals surface area contributed by atoms with Gasteiger partial charge in [0.05, 0.1) is 26.9 Å². The monoisotopic (exact) mass is 944 g/mol. The number of nitrogens with one attached hydrogen (secondary N) is 3. The fourth-order valence-electron chi connectivity index (χ4n) is 10.8. The van der Waals surface area contributed by atoms with Gasteiger partial charge in [0.15, 0.2) is 5.79 Å². The number of alkyl carbamates (subject to hydrolysis) is 1. The van der Waals surface area contributed by atoms with Gasteiger partial charge in [-0.1, -0.05) is 112 Å². The van der Waals surface area contributed by atoms with Gasteiger partial charge < -0.3 is 50.2 Å². The van der Waals surface area contributed by atoms with Gasteiger partial charge in [0.2, 0.25) is 5.91 Å². The number of unbranched alkanes of at least 4 members (excludes halogenated alkanes) is 2. The zero-order valence-corrected chi connectivity index (χ0v) is 39.1. The summed E-state index contributed by atoms with van der Waals surface area (Å²) in [5.41, 5.74) is 5.11. The van der Waals surface area contributed by atoms with E-state index in [1.165, 1.54) is 21.8 Å². The van der Waals surface area contributed by atoms with Crippen molar-refractivity contribution in [1.82, 2.24) is 20.4 Å². The molecule has 0 bridgehead atoms. The third-order valence-corrected chi connectivity index (χ3v) is 14.0. The number of nitrogens with zero attached hydrogens (tertiary/aromatic N) is 3. The second-order valence-electron chi connectivity index (χ2n) is 18.1. The van der Waals surface area contributed by atoms with E-state index >= 15 is 0 Å². The molecule has 4 aromatic carbocycles. The number of amides is 6. The van der Waals surface area contributed by atoms with Crippen molar-refractivity contribution in [1.29, 1.82) is 0 Å². The predicted molar refractivity (Wildman–Crippen MR) is 255 cm³/mol. The first-order valence-electron chi connectivity index (χ1n) is 23.8. The van der Waals surface area contributed by atoms with Crippen LogP contribution in [0.3, 0.4) is 0 Å². The number of anilines is 2. The maximum Gasteiger partial charge on any atom is 0.413 e. The summed E-state index contributed by atoms with van der Waals surface area (Å²) in [6, 6.07) is 25.2. The highest BCUT2D eigenvalue weighted by Crippen LogP contribution is 2.56. The molecule has 364 valence electrons. The molecule has 0 unspecified atom stereocenters. The molecule has 0 radical (unpaired) electrons. The predicted octanol–water partition coefficient (Wildman–Crippen LogP) is 8.16. The molecule has 3 fully saturated rings. The van der Waals surface area contributed by atoms with Gasteiger partial charge >= 0.3 is 18.3 Å². The second-order valence-corrected chi connectivity index (χ2v) is 18.1. The molecule has 1 spiro atoms. The standard InChI is InChI=1S/C52H60N6O11/c1-4-6-24-51(25-7-5-2)39-29-35(53-45(59)41-31-52(68-27-28-69-52)32-57(41)47(61)43(54-48(62)63)33-15-10-8-11-16-33)20-22-37(39)38-23-21-36(30-40(38)51)58(50(65)66)42-19-14-26-56(42)46(60)44(55-49(64)67-3)34-17-12-9-13-18-34/h8-13,15-18,20-23,29-30,41-44,54H,4-7,14,19,24-28,31-32H2,1-3H3,(H,53,59)(H,55,64)(H,62,63)(H,65,66)/t41-,42-,43+,44+/m0/s1. The van der Waals surface area contributed by atoms with Gasteiger partial charge in [0.25, 0.3) is 11.8 Å². The van der Waals surface area contributed by atoms with Crippen molar-refractivity contribution in [3.05, 3.63) is 119 Å². The fourth-order valence-corrected chi connectivity index (χ4v) is 10.8. The van der Waals surface area contributed by atoms with E-state index in [2.05, 4.69) is 29.8 Å². The number of rotatable bonds is 16. The lowest BCUT2D eigenvalue weighted by Gasteiger charge is -2.37. The molecular formula is C52H60N6O11. The number of carbonyl (C=O) groups is 6. The zero-order chi connectivity index (χ0) is 48.9. The zero-order valence-electron chi connectivity index (χ0n) is 39.1. The van der Waals surface area contributed by atoms with Crippen LogP contribution in [-0.4, -0.2) is 107 Å². The number of carboxylic acid groups (broad SMARTS) is 2. The van der Waals surface area contributed by atoms with E-state index in [4.69, 9.17) is 14.2 Å². The number of ether oxygens (including phenoxy) is 3. The van der Waals surface area contributed by atoms with Crippen molar-refractivity contribution >= 4 is 47.4 Å². The smallest absolute Gasteiger partial charge is 0.413 e. The first kappa shape index (κ1) is 48.5. The van der Waals surface area contributed by atoms with E-state index in [1.54, 1.807) is 66.7 Å². The average Bonchev–Trinajstić information content (AvgIpc) is 4.17. The Morgan fingerprint density at radius 3 is 1.93 bits per heavy atom. The minimum Gasteiger partial charge on any atom is -0.465 e. The first-order chi connectivity index (χ1) is 33.3. The SMILES string of the molecule is CCCCC1(CCCC)c2cc(NC(=O)[C@@H]3CC4(CN3C(=O)[C@H](NC(=O)O)c3ccccc3)OCCO4)ccc2-c2ccc(N(C(=O)O)[C@H]3CCCN3C(=O)[C@H](NC(=O)OC)c3ccccc3)cc21. The highest BCUT2D eigenvalue weighted by molar-refractivity contribution is 6.00. The molecule has 3 heterocycles. The maximum absolute atomic E-state index is 14.6. The molecule has 69 heavy (non-hydrogen) atoms. The molecule has 4 aromatic rings. The van der Waals surface area contributed by atoms with Crippen LogP contribution in [0.25, 0.3) is 11.1 Å².